The number of rotatable bonds is 5. The van der Waals surface area contributed by atoms with Gasteiger partial charge in [0.1, 0.15) is 0 Å². The summed E-state index contributed by atoms with van der Waals surface area (Å²) in [6.07, 6.45) is 0.183. The Morgan fingerprint density at radius 2 is 1.50 bits per heavy atom. The van der Waals surface area contributed by atoms with E-state index in [4.69, 9.17) is 4.74 Å². The van der Waals surface area contributed by atoms with E-state index < -0.39 is 10.2 Å². The van der Waals surface area contributed by atoms with E-state index in [9.17, 15) is 22.8 Å². The highest BCUT2D eigenvalue weighted by Gasteiger charge is 2.37. The topological polar surface area (TPSA) is 108 Å². The second-order valence-corrected chi connectivity index (χ2v) is 9.48. The number of amides is 3. The van der Waals surface area contributed by atoms with Crippen LogP contribution in [0.3, 0.4) is 0 Å². The van der Waals surface area contributed by atoms with Crippen LogP contribution in [0.5, 0.6) is 0 Å². The molecule has 0 spiro atoms. The van der Waals surface area contributed by atoms with Crippen molar-refractivity contribution >= 4 is 27.9 Å². The first kappa shape index (κ1) is 21.2. The van der Waals surface area contributed by atoms with Crippen LogP contribution in [0.2, 0.25) is 0 Å². The minimum absolute atomic E-state index is 0.0721. The number of ether oxygens (including phenoxy) is 1. The first-order chi connectivity index (χ1) is 13.2. The molecule has 0 aromatic heterocycles. The van der Waals surface area contributed by atoms with E-state index in [1.807, 2.05) is 13.8 Å². The first-order valence-electron chi connectivity index (χ1n) is 9.70. The summed E-state index contributed by atoms with van der Waals surface area (Å²) in [5, 5.41) is 0. The Labute approximate surface area is 165 Å². The van der Waals surface area contributed by atoms with Crippen molar-refractivity contribution in [2.45, 2.75) is 45.3 Å². The average Bonchev–Trinajstić information content (AvgIpc) is 2.97. The number of carbonyl (C=O) groups is 3. The van der Waals surface area contributed by atoms with Crippen LogP contribution in [0, 0.1) is 0 Å². The van der Waals surface area contributed by atoms with Gasteiger partial charge in [0.2, 0.25) is 17.7 Å². The Morgan fingerprint density at radius 1 is 0.964 bits per heavy atom. The number of carbonyl (C=O) groups excluding carboxylic acids is 3. The van der Waals surface area contributed by atoms with Gasteiger partial charge in [0.15, 0.2) is 0 Å². The molecule has 0 N–H and O–H groups in total. The highest BCUT2D eigenvalue weighted by molar-refractivity contribution is 7.86. The van der Waals surface area contributed by atoms with Crippen LogP contribution in [-0.4, -0.2) is 103 Å². The van der Waals surface area contributed by atoms with Gasteiger partial charge in [-0.2, -0.15) is 17.0 Å². The van der Waals surface area contributed by atoms with Crippen LogP contribution in [-0.2, 0) is 29.3 Å². The maximum absolute atomic E-state index is 12.9. The number of morpholine rings is 1. The summed E-state index contributed by atoms with van der Waals surface area (Å²) in [4.78, 5) is 38.4. The van der Waals surface area contributed by atoms with Gasteiger partial charge in [-0.3, -0.25) is 19.3 Å². The Hall–Kier alpha value is -1.56. The number of piperazine rings is 1. The third kappa shape index (κ3) is 4.53. The molecule has 10 nitrogen and oxygen atoms in total. The van der Waals surface area contributed by atoms with Crippen LogP contribution in [0.4, 0.5) is 0 Å². The van der Waals surface area contributed by atoms with Gasteiger partial charge in [-0.25, -0.2) is 0 Å². The first-order valence-corrected chi connectivity index (χ1v) is 11.1. The Kier molecular flexibility index (Phi) is 6.37. The van der Waals surface area contributed by atoms with Crippen LogP contribution < -0.4 is 0 Å². The smallest absolute Gasteiger partial charge is 0.282 e. The minimum Gasteiger partial charge on any atom is -0.373 e. The summed E-state index contributed by atoms with van der Waals surface area (Å²) in [6, 6.07) is 0. The van der Waals surface area contributed by atoms with Gasteiger partial charge in [0.05, 0.1) is 12.2 Å². The lowest BCUT2D eigenvalue weighted by Crippen LogP contribution is -2.57. The zero-order chi connectivity index (χ0) is 20.5. The summed E-state index contributed by atoms with van der Waals surface area (Å²) in [5.74, 6) is -0.636. The molecule has 3 saturated heterocycles. The van der Waals surface area contributed by atoms with E-state index in [1.54, 1.807) is 4.90 Å². The SMILES string of the molecule is CC1CN(S(=O)(=O)N2CCN(C(=O)CCN3C(=O)CCC3=O)CC2)CC(C)O1. The molecule has 158 valence electrons. The predicted octanol–water partition coefficient (Wildman–Crippen LogP) is -0.976. The van der Waals surface area contributed by atoms with Crippen molar-refractivity contribution < 1.29 is 27.5 Å². The summed E-state index contributed by atoms with van der Waals surface area (Å²) in [6.45, 7) is 5.51. The molecular weight excluding hydrogens is 388 g/mol. The summed E-state index contributed by atoms with van der Waals surface area (Å²) in [5.41, 5.74) is 0. The van der Waals surface area contributed by atoms with Crippen molar-refractivity contribution in [1.82, 2.24) is 18.4 Å². The van der Waals surface area contributed by atoms with Crippen molar-refractivity contribution in [3.05, 3.63) is 0 Å². The molecule has 3 aliphatic heterocycles. The number of likely N-dealkylation sites (tertiary alicyclic amines) is 1. The fourth-order valence-corrected chi connectivity index (χ4v) is 5.64. The van der Waals surface area contributed by atoms with Crippen molar-refractivity contribution in [3.8, 4) is 0 Å². The fraction of sp³-hybridized carbons (Fsp3) is 0.824. The van der Waals surface area contributed by atoms with E-state index in [0.29, 0.717) is 26.2 Å². The molecule has 0 aliphatic carbocycles. The molecule has 3 heterocycles. The lowest BCUT2D eigenvalue weighted by atomic mass is 10.3. The third-order valence-corrected chi connectivity index (χ3v) is 7.30. The normalized spacial score (nSPS) is 28.2. The zero-order valence-corrected chi connectivity index (χ0v) is 17.2. The van der Waals surface area contributed by atoms with Gasteiger partial charge in [0, 0.05) is 65.1 Å². The molecule has 0 aromatic rings. The Morgan fingerprint density at radius 3 is 2.04 bits per heavy atom. The summed E-state index contributed by atoms with van der Waals surface area (Å²) < 4.78 is 34.2. The van der Waals surface area contributed by atoms with Crippen LogP contribution in [0.1, 0.15) is 33.1 Å². The lowest BCUT2D eigenvalue weighted by molar-refractivity contribution is -0.139. The minimum atomic E-state index is -3.59. The van der Waals surface area contributed by atoms with Crippen LogP contribution >= 0.6 is 0 Å². The van der Waals surface area contributed by atoms with E-state index in [-0.39, 0.29) is 68.8 Å². The Bertz CT molecular complexity index is 708. The molecule has 3 aliphatic rings. The standard InChI is InChI=1S/C17H28N4O6S/c1-13-11-20(12-14(2)27-13)28(25,26)19-9-7-18(8-10-19)15(22)5-6-21-16(23)3-4-17(21)24/h13-14H,3-12H2,1-2H3. The van der Waals surface area contributed by atoms with Gasteiger partial charge in [-0.1, -0.05) is 0 Å². The molecule has 0 saturated carbocycles. The fourth-order valence-electron chi connectivity index (χ4n) is 3.89. The van der Waals surface area contributed by atoms with Crippen molar-refractivity contribution in [2.24, 2.45) is 0 Å². The average molecular weight is 417 g/mol. The quantitative estimate of drug-likeness (QED) is 0.534. The lowest BCUT2D eigenvalue weighted by Gasteiger charge is -2.40. The number of nitrogens with zero attached hydrogens (tertiary/aromatic N) is 4. The maximum atomic E-state index is 12.9. The van der Waals surface area contributed by atoms with Crippen molar-refractivity contribution in [1.29, 1.82) is 0 Å². The molecule has 0 aromatic carbocycles. The number of imide groups is 1. The predicted molar refractivity (Wildman–Crippen MR) is 99.2 cm³/mol. The van der Waals surface area contributed by atoms with Gasteiger partial charge in [-0.15, -0.1) is 0 Å². The monoisotopic (exact) mass is 416 g/mol. The highest BCUT2D eigenvalue weighted by atomic mass is 32.2. The summed E-state index contributed by atoms with van der Waals surface area (Å²) >= 11 is 0. The molecule has 3 amide bonds. The van der Waals surface area contributed by atoms with Crippen LogP contribution in [0.15, 0.2) is 0 Å². The van der Waals surface area contributed by atoms with Gasteiger partial charge >= 0.3 is 0 Å². The van der Waals surface area contributed by atoms with Crippen molar-refractivity contribution in [3.63, 3.8) is 0 Å². The maximum Gasteiger partial charge on any atom is 0.282 e. The number of hydrogen-bond acceptors (Lipinski definition) is 6. The zero-order valence-electron chi connectivity index (χ0n) is 16.4. The second-order valence-electron chi connectivity index (χ2n) is 7.55. The van der Waals surface area contributed by atoms with E-state index >= 15 is 0 Å². The van der Waals surface area contributed by atoms with E-state index in [1.165, 1.54) is 8.61 Å². The largest absolute Gasteiger partial charge is 0.373 e. The second kappa shape index (κ2) is 8.44. The van der Waals surface area contributed by atoms with Crippen molar-refractivity contribution in [2.75, 3.05) is 45.8 Å². The molecule has 28 heavy (non-hydrogen) atoms. The van der Waals surface area contributed by atoms with Gasteiger partial charge < -0.3 is 9.64 Å². The molecule has 3 fully saturated rings. The molecule has 3 rings (SSSR count). The summed E-state index contributed by atoms with van der Waals surface area (Å²) in [7, 11) is -3.59. The molecule has 11 heteroatoms. The van der Waals surface area contributed by atoms with E-state index in [0.717, 1.165) is 4.90 Å². The van der Waals surface area contributed by atoms with Gasteiger partial charge in [0.25, 0.3) is 10.2 Å². The molecule has 2 unspecified atom stereocenters. The molecule has 2 atom stereocenters. The molecule has 0 radical (unpaired) electrons. The molecule has 0 bridgehead atoms. The van der Waals surface area contributed by atoms with E-state index in [2.05, 4.69) is 0 Å². The number of hydrogen-bond donors (Lipinski definition) is 0. The molecular formula is C17H28N4O6S. The van der Waals surface area contributed by atoms with Gasteiger partial charge in [-0.05, 0) is 13.8 Å². The highest BCUT2D eigenvalue weighted by Crippen LogP contribution is 2.19. The third-order valence-electron chi connectivity index (χ3n) is 5.33. The van der Waals surface area contributed by atoms with Crippen LogP contribution in [0.25, 0.3) is 0 Å². The Balaban J connectivity index is 1.50.